The highest BCUT2D eigenvalue weighted by molar-refractivity contribution is 5.30. The average Bonchev–Trinajstić information content (AvgIpc) is 2.33. The van der Waals surface area contributed by atoms with Crippen LogP contribution < -0.4 is 10.5 Å². The van der Waals surface area contributed by atoms with Crippen molar-refractivity contribution in [3.63, 3.8) is 0 Å². The van der Waals surface area contributed by atoms with Crippen molar-refractivity contribution >= 4 is 0 Å². The van der Waals surface area contributed by atoms with Gasteiger partial charge in [-0.3, -0.25) is 4.98 Å². The van der Waals surface area contributed by atoms with Crippen LogP contribution in [-0.4, -0.2) is 11.1 Å². The molecular formula is C16H26N2O. The van der Waals surface area contributed by atoms with Crippen LogP contribution in [0.4, 0.5) is 0 Å². The van der Waals surface area contributed by atoms with E-state index in [0.29, 0.717) is 5.41 Å². The number of hydrogen-bond donors (Lipinski definition) is 1. The van der Waals surface area contributed by atoms with E-state index in [0.717, 1.165) is 24.2 Å². The second kappa shape index (κ2) is 5.12. The van der Waals surface area contributed by atoms with Gasteiger partial charge in [0.2, 0.25) is 0 Å². The number of nitrogens with zero attached hydrogens (tertiary/aromatic N) is 1. The molecule has 0 saturated heterocycles. The summed E-state index contributed by atoms with van der Waals surface area (Å²) in [5.74, 6) is 0.821. The average molecular weight is 262 g/mol. The molecule has 19 heavy (non-hydrogen) atoms. The third-order valence-corrected chi connectivity index (χ3v) is 4.16. The third-order valence-electron chi connectivity index (χ3n) is 4.16. The van der Waals surface area contributed by atoms with Crippen LogP contribution in [0.1, 0.15) is 58.9 Å². The van der Waals surface area contributed by atoms with Gasteiger partial charge in [0.25, 0.3) is 0 Å². The zero-order chi connectivity index (χ0) is 14.1. The Labute approximate surface area is 116 Å². The summed E-state index contributed by atoms with van der Waals surface area (Å²) in [6.07, 6.45) is 8.19. The Bertz CT molecular complexity index is 430. The van der Waals surface area contributed by atoms with Crippen LogP contribution in [0.2, 0.25) is 0 Å². The molecular weight excluding hydrogens is 236 g/mol. The summed E-state index contributed by atoms with van der Waals surface area (Å²) >= 11 is 0. The van der Waals surface area contributed by atoms with E-state index < -0.39 is 0 Å². The second-order valence-corrected chi connectivity index (χ2v) is 6.90. The molecule has 2 rings (SSSR count). The van der Waals surface area contributed by atoms with Crippen molar-refractivity contribution in [1.82, 2.24) is 4.98 Å². The van der Waals surface area contributed by atoms with Crippen molar-refractivity contribution in [3.05, 3.63) is 24.0 Å². The molecule has 0 aromatic carbocycles. The van der Waals surface area contributed by atoms with Gasteiger partial charge in [0.05, 0.1) is 12.3 Å². The molecule has 1 heterocycles. The molecule has 0 unspecified atom stereocenters. The van der Waals surface area contributed by atoms with Gasteiger partial charge in [0, 0.05) is 11.7 Å². The largest absolute Gasteiger partial charge is 0.489 e. The van der Waals surface area contributed by atoms with Crippen molar-refractivity contribution in [2.24, 2.45) is 11.1 Å². The van der Waals surface area contributed by atoms with Crippen molar-refractivity contribution in [2.45, 2.75) is 65.0 Å². The van der Waals surface area contributed by atoms with E-state index in [1.54, 1.807) is 6.20 Å². The Kier molecular flexibility index (Phi) is 3.86. The van der Waals surface area contributed by atoms with Gasteiger partial charge in [0.15, 0.2) is 0 Å². The van der Waals surface area contributed by atoms with Gasteiger partial charge >= 0.3 is 0 Å². The van der Waals surface area contributed by atoms with Crippen molar-refractivity contribution in [3.8, 4) is 5.75 Å². The minimum atomic E-state index is -0.237. The predicted molar refractivity (Wildman–Crippen MR) is 78.1 cm³/mol. The maximum absolute atomic E-state index is 6.61. The summed E-state index contributed by atoms with van der Waals surface area (Å²) in [6, 6.07) is 2.06. The van der Waals surface area contributed by atoms with Crippen LogP contribution in [0.3, 0.4) is 0 Å². The van der Waals surface area contributed by atoms with E-state index in [1.807, 2.05) is 20.0 Å². The number of rotatable bonds is 3. The fourth-order valence-corrected chi connectivity index (χ4v) is 2.69. The number of aromatic nitrogens is 1. The molecule has 0 bridgehead atoms. The molecule has 1 aromatic rings. The molecule has 1 aliphatic carbocycles. The summed E-state index contributed by atoms with van der Waals surface area (Å²) in [5.41, 5.74) is 7.90. The van der Waals surface area contributed by atoms with Crippen molar-refractivity contribution in [1.29, 1.82) is 0 Å². The van der Waals surface area contributed by atoms with Gasteiger partial charge in [0.1, 0.15) is 5.75 Å². The van der Waals surface area contributed by atoms with E-state index in [1.165, 1.54) is 12.8 Å². The van der Waals surface area contributed by atoms with Crippen LogP contribution in [0.5, 0.6) is 5.75 Å². The molecule has 0 spiro atoms. The molecule has 0 radical (unpaired) electrons. The first-order valence-corrected chi connectivity index (χ1v) is 7.22. The summed E-state index contributed by atoms with van der Waals surface area (Å²) in [6.45, 7) is 8.69. The summed E-state index contributed by atoms with van der Waals surface area (Å²) < 4.78 is 5.71. The maximum Gasteiger partial charge on any atom is 0.138 e. The van der Waals surface area contributed by atoms with Gasteiger partial charge in [-0.2, -0.15) is 0 Å². The smallest absolute Gasteiger partial charge is 0.138 e. The van der Waals surface area contributed by atoms with Gasteiger partial charge in [-0.15, -0.1) is 0 Å². The monoisotopic (exact) mass is 262 g/mol. The number of hydrogen-bond acceptors (Lipinski definition) is 3. The lowest BCUT2D eigenvalue weighted by atomic mass is 9.68. The SMILES string of the molecule is CC(C)Oc1cncc(C2(N)CCC(C)(C)CC2)c1. The van der Waals surface area contributed by atoms with E-state index >= 15 is 0 Å². The van der Waals surface area contributed by atoms with Gasteiger partial charge < -0.3 is 10.5 Å². The van der Waals surface area contributed by atoms with Gasteiger partial charge in [-0.05, 0) is 56.6 Å². The lowest BCUT2D eigenvalue weighted by Gasteiger charge is -2.41. The predicted octanol–water partition coefficient (Wildman–Crippen LogP) is 3.62. The van der Waals surface area contributed by atoms with Crippen molar-refractivity contribution in [2.75, 3.05) is 0 Å². The summed E-state index contributed by atoms with van der Waals surface area (Å²) in [5, 5.41) is 0. The summed E-state index contributed by atoms with van der Waals surface area (Å²) in [4.78, 5) is 4.29. The van der Waals surface area contributed by atoms with E-state index in [-0.39, 0.29) is 11.6 Å². The van der Waals surface area contributed by atoms with Crippen LogP contribution in [0.15, 0.2) is 18.5 Å². The quantitative estimate of drug-likeness (QED) is 0.905. The Morgan fingerprint density at radius 3 is 2.37 bits per heavy atom. The van der Waals surface area contributed by atoms with Crippen LogP contribution in [-0.2, 0) is 5.54 Å². The fraction of sp³-hybridized carbons (Fsp3) is 0.688. The molecule has 1 fully saturated rings. The Morgan fingerprint density at radius 1 is 1.16 bits per heavy atom. The molecule has 3 heteroatoms. The van der Waals surface area contributed by atoms with Crippen molar-refractivity contribution < 1.29 is 4.74 Å². The molecule has 1 saturated carbocycles. The van der Waals surface area contributed by atoms with Crippen LogP contribution in [0.25, 0.3) is 0 Å². The zero-order valence-corrected chi connectivity index (χ0v) is 12.6. The lowest BCUT2D eigenvalue weighted by Crippen LogP contribution is -2.42. The highest BCUT2D eigenvalue weighted by Gasteiger charge is 2.36. The van der Waals surface area contributed by atoms with E-state index in [9.17, 15) is 0 Å². The maximum atomic E-state index is 6.61. The first-order valence-electron chi connectivity index (χ1n) is 7.22. The van der Waals surface area contributed by atoms with Crippen LogP contribution in [0, 0.1) is 5.41 Å². The molecule has 0 aliphatic heterocycles. The molecule has 3 nitrogen and oxygen atoms in total. The topological polar surface area (TPSA) is 48.1 Å². The van der Waals surface area contributed by atoms with E-state index in [2.05, 4.69) is 24.9 Å². The van der Waals surface area contributed by atoms with E-state index in [4.69, 9.17) is 10.5 Å². The number of ether oxygens (including phenoxy) is 1. The van der Waals surface area contributed by atoms with Gasteiger partial charge in [-0.25, -0.2) is 0 Å². The Hall–Kier alpha value is -1.09. The third kappa shape index (κ3) is 3.47. The van der Waals surface area contributed by atoms with Gasteiger partial charge in [-0.1, -0.05) is 13.8 Å². The first kappa shape index (κ1) is 14.3. The Balaban J connectivity index is 2.17. The molecule has 0 amide bonds. The highest BCUT2D eigenvalue weighted by Crippen LogP contribution is 2.43. The molecule has 0 atom stereocenters. The highest BCUT2D eigenvalue weighted by atomic mass is 16.5. The van der Waals surface area contributed by atoms with Crippen LogP contribution >= 0.6 is 0 Å². The lowest BCUT2D eigenvalue weighted by molar-refractivity contribution is 0.164. The molecule has 1 aliphatic rings. The first-order chi connectivity index (χ1) is 8.81. The molecule has 106 valence electrons. The second-order valence-electron chi connectivity index (χ2n) is 6.90. The minimum absolute atomic E-state index is 0.163. The zero-order valence-electron chi connectivity index (χ0n) is 12.6. The fourth-order valence-electron chi connectivity index (χ4n) is 2.69. The Morgan fingerprint density at radius 2 is 1.79 bits per heavy atom. The number of pyridine rings is 1. The summed E-state index contributed by atoms with van der Waals surface area (Å²) in [7, 11) is 0. The standard InChI is InChI=1S/C16H26N2O/c1-12(2)19-14-9-13(10-18-11-14)16(17)7-5-15(3,4)6-8-16/h9-12H,5-8,17H2,1-4H3. The minimum Gasteiger partial charge on any atom is -0.489 e. The molecule has 1 aromatic heterocycles. The molecule has 2 N–H and O–H groups in total. The number of nitrogens with two attached hydrogens (primary N) is 1. The normalized spacial score (nSPS) is 21.4.